The highest BCUT2D eigenvalue weighted by Crippen LogP contribution is 2.46. The minimum Gasteiger partial charge on any atom is -0.481 e. The number of esters is 2. The number of hydrogen-bond donors (Lipinski definition) is 1. The Morgan fingerprint density at radius 2 is 0.813 bits per heavy atom. The van der Waals surface area contributed by atoms with E-state index in [2.05, 4.69) is 0 Å². The zero-order valence-corrected chi connectivity index (χ0v) is 43.2. The molecular weight excluding hydrogens is 963 g/mol. The smallest absolute Gasteiger partial charge is 0.410 e. The van der Waals surface area contributed by atoms with E-state index in [9.17, 15) is 43.5 Å². The van der Waals surface area contributed by atoms with E-state index in [0.717, 1.165) is 54.3 Å². The van der Waals surface area contributed by atoms with E-state index in [4.69, 9.17) is 23.8 Å². The fourth-order valence-electron chi connectivity index (χ4n) is 9.40. The van der Waals surface area contributed by atoms with Crippen LogP contribution in [0.15, 0.2) is 121 Å². The van der Waals surface area contributed by atoms with Crippen molar-refractivity contribution in [1.29, 1.82) is 0 Å². The van der Waals surface area contributed by atoms with Gasteiger partial charge in [-0.25, -0.2) is 24.0 Å². The molecule has 0 saturated carbocycles. The molecule has 8 rings (SSSR count). The molecule has 2 atom stereocenters. The third-order valence-corrected chi connectivity index (χ3v) is 12.6. The maximum atomic E-state index is 13.5. The van der Waals surface area contributed by atoms with Crippen molar-refractivity contribution in [2.24, 2.45) is 0 Å². The largest absolute Gasteiger partial charge is 0.481 e. The van der Waals surface area contributed by atoms with Crippen LogP contribution in [-0.2, 0) is 43.0 Å². The second kappa shape index (κ2) is 22.8. The quantitative estimate of drug-likeness (QED) is 0.0588. The molecule has 1 N–H and O–H groups in total. The van der Waals surface area contributed by atoms with Gasteiger partial charge in [0.05, 0.1) is 24.0 Å². The number of benzene rings is 5. The van der Waals surface area contributed by atoms with Gasteiger partial charge in [0.1, 0.15) is 36.5 Å². The number of ether oxygens (including phenoxy) is 4. The zero-order chi connectivity index (χ0) is 54.4. The molecular formula is C58H61N3O14. The number of nitrogens with zero attached hydrogens (tertiary/aromatic N) is 3. The number of likely N-dealkylation sites (N-methyl/N-ethyl adjacent to an activating group) is 2. The number of carboxylic acid groups (broad SMARTS) is 1. The minimum absolute atomic E-state index is 0.000873. The van der Waals surface area contributed by atoms with Gasteiger partial charge in [0.15, 0.2) is 0 Å². The summed E-state index contributed by atoms with van der Waals surface area (Å²) in [5.41, 5.74) is 6.97. The number of fused-ring (bicyclic) bond motifs is 7. The Morgan fingerprint density at radius 1 is 0.507 bits per heavy atom. The molecule has 2 aliphatic carbocycles. The molecule has 0 bridgehead atoms. The standard InChI is InChI=1S/C33H32N2O8.C25H29NO6/c1-5-34(32(40)41-19-26-22-14-8-6-12-20(22)21-13-7-9-15-23(21)26)27(31(39)42-33(2,3)4)18-28(36)43-35-29(37)24-16-10-11-17-25(24)30(35)38;1-5-26(21(14-22(27)28)23(29)32-25(2,3)4)24(30)31-15-20-18-12-8-6-10-16(18)17-11-7-9-13-19(17)20/h6-17,26-27H,5,18-19H2,1-4H3;6-13,20-21H,5,14-15H2,1-4H3,(H,27,28)/t27-;21-/m00/s1. The Kier molecular flexibility index (Phi) is 16.6. The van der Waals surface area contributed by atoms with Crippen molar-refractivity contribution in [2.45, 2.75) is 103 Å². The predicted octanol–water partition coefficient (Wildman–Crippen LogP) is 9.55. The van der Waals surface area contributed by atoms with Crippen molar-refractivity contribution in [3.8, 4) is 22.3 Å². The average Bonchev–Trinajstić information content (AvgIpc) is 3.95. The Labute approximate surface area is 435 Å². The molecule has 0 aromatic heterocycles. The molecule has 17 nitrogen and oxygen atoms in total. The SMILES string of the molecule is CCN(C(=O)OCC1c2ccccc2-c2ccccc21)[C@@H](CC(=O)O)C(=O)OC(C)(C)C.CCN(C(=O)OCC1c2ccccc2-c2ccccc21)[C@@H](CC(=O)ON1C(=O)c2ccccc2C1=O)C(=O)OC(C)(C)C. The fourth-order valence-corrected chi connectivity index (χ4v) is 9.40. The molecule has 3 aliphatic rings. The molecule has 1 aliphatic heterocycles. The summed E-state index contributed by atoms with van der Waals surface area (Å²) in [4.78, 5) is 110. The van der Waals surface area contributed by atoms with Crippen LogP contribution in [0.5, 0.6) is 0 Å². The number of aliphatic carboxylic acids is 1. The monoisotopic (exact) mass is 1020 g/mol. The summed E-state index contributed by atoms with van der Waals surface area (Å²) in [5.74, 6) is -5.85. The van der Waals surface area contributed by atoms with Crippen LogP contribution in [-0.4, -0.2) is 117 Å². The molecule has 5 aromatic carbocycles. The van der Waals surface area contributed by atoms with Gasteiger partial charge in [0.25, 0.3) is 11.8 Å². The molecule has 5 aromatic rings. The first-order valence-corrected chi connectivity index (χ1v) is 24.7. The maximum Gasteiger partial charge on any atom is 0.410 e. The minimum atomic E-state index is -1.44. The first-order chi connectivity index (χ1) is 35.6. The summed E-state index contributed by atoms with van der Waals surface area (Å²) in [6, 6.07) is 35.1. The number of carbonyl (C=O) groups is 8. The summed E-state index contributed by atoms with van der Waals surface area (Å²) in [5, 5.41) is 9.66. The Morgan fingerprint density at radius 3 is 1.12 bits per heavy atom. The number of rotatable bonds is 15. The van der Waals surface area contributed by atoms with Crippen molar-refractivity contribution in [1.82, 2.24) is 14.9 Å². The number of carbonyl (C=O) groups excluding carboxylic acids is 7. The van der Waals surface area contributed by atoms with Gasteiger partial charge < -0.3 is 28.9 Å². The number of hydroxylamine groups is 2. The van der Waals surface area contributed by atoms with Gasteiger partial charge in [-0.2, -0.15) is 0 Å². The lowest BCUT2D eigenvalue weighted by Gasteiger charge is -2.31. The van der Waals surface area contributed by atoms with Gasteiger partial charge in [-0.05, 0) is 112 Å². The lowest BCUT2D eigenvalue weighted by molar-refractivity contribution is -0.175. The molecule has 1 heterocycles. The zero-order valence-electron chi connectivity index (χ0n) is 43.2. The lowest BCUT2D eigenvalue weighted by Crippen LogP contribution is -2.49. The van der Waals surface area contributed by atoms with E-state index in [-0.39, 0.29) is 49.3 Å². The van der Waals surface area contributed by atoms with Crippen LogP contribution in [0.2, 0.25) is 0 Å². The molecule has 0 radical (unpaired) electrons. The van der Waals surface area contributed by atoms with Gasteiger partial charge in [-0.3, -0.25) is 24.2 Å². The first kappa shape index (κ1) is 54.4. The lowest BCUT2D eigenvalue weighted by atomic mass is 9.98. The van der Waals surface area contributed by atoms with Crippen molar-refractivity contribution < 1.29 is 67.2 Å². The van der Waals surface area contributed by atoms with Crippen molar-refractivity contribution in [3.05, 3.63) is 155 Å². The maximum absolute atomic E-state index is 13.5. The number of amides is 4. The van der Waals surface area contributed by atoms with E-state index in [0.29, 0.717) is 5.06 Å². The van der Waals surface area contributed by atoms with E-state index < -0.39 is 84.0 Å². The number of hydrogen-bond acceptors (Lipinski definition) is 13. The van der Waals surface area contributed by atoms with E-state index in [1.165, 1.54) is 12.1 Å². The van der Waals surface area contributed by atoms with Crippen LogP contribution in [0.4, 0.5) is 9.59 Å². The second-order valence-electron chi connectivity index (χ2n) is 20.0. The normalized spacial score (nSPS) is 14.1. The Balaban J connectivity index is 0.000000229. The van der Waals surface area contributed by atoms with Crippen LogP contribution in [0.1, 0.15) is 123 Å². The topological polar surface area (TPSA) is 213 Å². The summed E-state index contributed by atoms with van der Waals surface area (Å²) in [6.45, 7) is 13.5. The van der Waals surface area contributed by atoms with Crippen LogP contribution in [0.25, 0.3) is 22.3 Å². The second-order valence-corrected chi connectivity index (χ2v) is 20.0. The van der Waals surface area contributed by atoms with Crippen LogP contribution >= 0.6 is 0 Å². The Bertz CT molecular complexity index is 2880. The average molecular weight is 1020 g/mol. The summed E-state index contributed by atoms with van der Waals surface area (Å²) in [7, 11) is 0. The molecule has 0 saturated heterocycles. The Hall–Kier alpha value is -8.34. The van der Waals surface area contributed by atoms with Crippen LogP contribution in [0.3, 0.4) is 0 Å². The summed E-state index contributed by atoms with van der Waals surface area (Å²) >= 11 is 0. The first-order valence-electron chi connectivity index (χ1n) is 24.7. The molecule has 0 fully saturated rings. The van der Waals surface area contributed by atoms with Crippen LogP contribution in [0, 0.1) is 0 Å². The van der Waals surface area contributed by atoms with Gasteiger partial charge in [0, 0.05) is 24.9 Å². The van der Waals surface area contributed by atoms with Gasteiger partial charge >= 0.3 is 36.1 Å². The van der Waals surface area contributed by atoms with Crippen molar-refractivity contribution in [2.75, 3.05) is 26.3 Å². The van der Waals surface area contributed by atoms with Gasteiger partial charge in [-0.1, -0.05) is 114 Å². The number of imide groups is 1. The highest BCUT2D eigenvalue weighted by molar-refractivity contribution is 6.21. The summed E-state index contributed by atoms with van der Waals surface area (Å²) in [6.07, 6.45) is -2.81. The van der Waals surface area contributed by atoms with Crippen LogP contribution < -0.4 is 0 Å². The van der Waals surface area contributed by atoms with E-state index in [1.54, 1.807) is 67.5 Å². The highest BCUT2D eigenvalue weighted by atomic mass is 16.7. The van der Waals surface area contributed by atoms with Gasteiger partial charge in [-0.15, -0.1) is 0 Å². The molecule has 4 amide bonds. The highest BCUT2D eigenvalue weighted by Gasteiger charge is 2.42. The van der Waals surface area contributed by atoms with E-state index in [1.807, 2.05) is 97.1 Å². The number of carboxylic acids is 1. The molecule has 0 unspecified atom stereocenters. The third kappa shape index (κ3) is 12.4. The molecule has 17 heteroatoms. The molecule has 392 valence electrons. The molecule has 75 heavy (non-hydrogen) atoms. The van der Waals surface area contributed by atoms with Crippen molar-refractivity contribution >= 4 is 47.9 Å². The van der Waals surface area contributed by atoms with E-state index >= 15 is 0 Å². The third-order valence-electron chi connectivity index (χ3n) is 12.6. The fraction of sp³-hybridized carbons (Fsp3) is 0.345. The van der Waals surface area contributed by atoms with Gasteiger partial charge in [0.2, 0.25) is 0 Å². The summed E-state index contributed by atoms with van der Waals surface area (Å²) < 4.78 is 22.3. The predicted molar refractivity (Wildman–Crippen MR) is 274 cm³/mol. The van der Waals surface area contributed by atoms with Crippen molar-refractivity contribution in [3.63, 3.8) is 0 Å². The molecule has 0 spiro atoms.